The van der Waals surface area contributed by atoms with Gasteiger partial charge in [-0.25, -0.2) is 9.37 Å². The van der Waals surface area contributed by atoms with Crippen LogP contribution in [0, 0.1) is 25.6 Å². The van der Waals surface area contributed by atoms with Gasteiger partial charge in [-0.1, -0.05) is 0 Å². The zero-order valence-electron chi connectivity index (χ0n) is 14.9. The number of carbonyl (C=O) groups excluding carboxylic acids is 3. The fourth-order valence-electron chi connectivity index (χ4n) is 2.76. The van der Waals surface area contributed by atoms with Crippen molar-refractivity contribution in [1.82, 2.24) is 10.3 Å². The molecule has 7 nitrogen and oxygen atoms in total. The van der Waals surface area contributed by atoms with Gasteiger partial charge in [-0.3, -0.25) is 14.4 Å². The van der Waals surface area contributed by atoms with Crippen molar-refractivity contribution in [3.05, 3.63) is 40.7 Å². The molecule has 1 aromatic carbocycles. The van der Waals surface area contributed by atoms with Crippen LogP contribution in [0.2, 0.25) is 0 Å². The van der Waals surface area contributed by atoms with Gasteiger partial charge < -0.3 is 15.5 Å². The Morgan fingerprint density at radius 3 is 2.63 bits per heavy atom. The summed E-state index contributed by atoms with van der Waals surface area (Å²) in [4.78, 5) is 43.1. The van der Waals surface area contributed by atoms with Crippen molar-refractivity contribution in [1.29, 1.82) is 0 Å². The number of aromatic nitrogens is 1. The maximum absolute atomic E-state index is 13.0. The van der Waals surface area contributed by atoms with E-state index in [1.165, 1.54) is 40.5 Å². The molecule has 2 heterocycles. The van der Waals surface area contributed by atoms with Crippen molar-refractivity contribution in [2.75, 3.05) is 23.3 Å². The molecule has 142 valence electrons. The highest BCUT2D eigenvalue weighted by Crippen LogP contribution is 2.25. The molecule has 0 unspecified atom stereocenters. The van der Waals surface area contributed by atoms with E-state index < -0.39 is 11.7 Å². The van der Waals surface area contributed by atoms with Gasteiger partial charge in [0.2, 0.25) is 17.7 Å². The summed E-state index contributed by atoms with van der Waals surface area (Å²) in [6.45, 7) is 3.77. The molecule has 0 saturated carbocycles. The average Bonchev–Trinajstić information content (AvgIpc) is 3.16. The summed E-state index contributed by atoms with van der Waals surface area (Å²) in [5.41, 5.74) is 1.40. The van der Waals surface area contributed by atoms with Gasteiger partial charge in [0, 0.05) is 23.5 Å². The Hall–Kier alpha value is -2.81. The highest BCUT2D eigenvalue weighted by molar-refractivity contribution is 7.15. The number of hydrogen-bond acceptors (Lipinski definition) is 5. The molecular weight excluding hydrogens is 371 g/mol. The quantitative estimate of drug-likeness (QED) is 0.817. The predicted octanol–water partition coefficient (Wildman–Crippen LogP) is 2.01. The Morgan fingerprint density at radius 1 is 1.30 bits per heavy atom. The van der Waals surface area contributed by atoms with E-state index in [9.17, 15) is 18.8 Å². The number of amides is 3. The van der Waals surface area contributed by atoms with Crippen LogP contribution in [0.4, 0.5) is 15.2 Å². The first-order valence-electron chi connectivity index (χ1n) is 8.41. The monoisotopic (exact) mass is 390 g/mol. The first kappa shape index (κ1) is 19.0. The summed E-state index contributed by atoms with van der Waals surface area (Å²) in [5, 5.41) is 5.68. The number of aryl methyl sites for hydroxylation is 2. The Morgan fingerprint density at radius 2 is 2.00 bits per heavy atom. The lowest BCUT2D eigenvalue weighted by Gasteiger charge is -2.16. The standard InChI is InChI=1S/C18H19FN4O3S/c1-10-11(2)27-18(21-10)22-15(24)8-20-17(26)12-7-16(25)23(9-12)14-5-3-13(19)4-6-14/h3-6,12H,7-9H2,1-2H3,(H,20,26)(H,21,22,24)/t12-/m0/s1. The third kappa shape index (κ3) is 4.48. The first-order valence-corrected chi connectivity index (χ1v) is 9.22. The first-order chi connectivity index (χ1) is 12.8. The fraction of sp³-hybridized carbons (Fsp3) is 0.333. The van der Waals surface area contributed by atoms with Gasteiger partial charge in [0.15, 0.2) is 5.13 Å². The number of rotatable bonds is 5. The van der Waals surface area contributed by atoms with Gasteiger partial charge in [-0.05, 0) is 38.1 Å². The fourth-order valence-corrected chi connectivity index (χ4v) is 3.59. The molecule has 1 aliphatic heterocycles. The van der Waals surface area contributed by atoms with Gasteiger partial charge in [-0.15, -0.1) is 11.3 Å². The van der Waals surface area contributed by atoms with E-state index in [0.29, 0.717) is 10.8 Å². The van der Waals surface area contributed by atoms with Gasteiger partial charge >= 0.3 is 0 Å². The highest BCUT2D eigenvalue weighted by Gasteiger charge is 2.35. The van der Waals surface area contributed by atoms with Crippen molar-refractivity contribution in [3.8, 4) is 0 Å². The molecule has 3 rings (SSSR count). The van der Waals surface area contributed by atoms with Crippen molar-refractivity contribution < 1.29 is 18.8 Å². The van der Waals surface area contributed by atoms with E-state index in [1.807, 2.05) is 13.8 Å². The molecule has 3 amide bonds. The molecule has 0 spiro atoms. The number of benzene rings is 1. The molecule has 1 aromatic heterocycles. The Bertz CT molecular complexity index is 862. The van der Waals surface area contributed by atoms with Crippen LogP contribution in [0.15, 0.2) is 24.3 Å². The van der Waals surface area contributed by atoms with Crippen LogP contribution in [0.3, 0.4) is 0 Å². The Kier molecular flexibility index (Phi) is 5.50. The molecular formula is C18H19FN4O3S. The molecule has 0 radical (unpaired) electrons. The van der Waals surface area contributed by atoms with Gasteiger partial charge in [0.1, 0.15) is 5.82 Å². The predicted molar refractivity (Wildman–Crippen MR) is 100 cm³/mol. The molecule has 1 aliphatic rings. The number of nitrogens with one attached hydrogen (secondary N) is 2. The van der Waals surface area contributed by atoms with E-state index in [2.05, 4.69) is 15.6 Å². The smallest absolute Gasteiger partial charge is 0.245 e. The van der Waals surface area contributed by atoms with Crippen molar-refractivity contribution in [2.45, 2.75) is 20.3 Å². The molecule has 0 bridgehead atoms. The average molecular weight is 390 g/mol. The lowest BCUT2D eigenvalue weighted by Crippen LogP contribution is -2.37. The second-order valence-corrected chi connectivity index (χ2v) is 7.51. The number of anilines is 2. The summed E-state index contributed by atoms with van der Waals surface area (Å²) in [6, 6.07) is 5.53. The van der Waals surface area contributed by atoms with Gasteiger partial charge in [0.25, 0.3) is 0 Å². The molecule has 2 N–H and O–H groups in total. The molecule has 0 aliphatic carbocycles. The van der Waals surface area contributed by atoms with E-state index in [4.69, 9.17) is 0 Å². The minimum Gasteiger partial charge on any atom is -0.347 e. The molecule has 9 heteroatoms. The minimum absolute atomic E-state index is 0.0513. The summed E-state index contributed by atoms with van der Waals surface area (Å²) < 4.78 is 13.0. The van der Waals surface area contributed by atoms with Crippen LogP contribution in [-0.2, 0) is 14.4 Å². The molecule has 1 atom stereocenters. The number of thiazole rings is 1. The zero-order chi connectivity index (χ0) is 19.6. The molecule has 2 aromatic rings. The van der Waals surface area contributed by atoms with E-state index in [1.54, 1.807) is 0 Å². The lowest BCUT2D eigenvalue weighted by atomic mass is 10.1. The second kappa shape index (κ2) is 7.83. The highest BCUT2D eigenvalue weighted by atomic mass is 32.1. The summed E-state index contributed by atoms with van der Waals surface area (Å²) in [5.74, 6) is -1.90. The second-order valence-electron chi connectivity index (χ2n) is 6.31. The van der Waals surface area contributed by atoms with Crippen LogP contribution in [-0.4, -0.2) is 35.8 Å². The van der Waals surface area contributed by atoms with Gasteiger partial charge in [-0.2, -0.15) is 0 Å². The summed E-state index contributed by atoms with van der Waals surface area (Å²) in [7, 11) is 0. The van der Waals surface area contributed by atoms with Crippen LogP contribution in [0.1, 0.15) is 17.0 Å². The molecule has 27 heavy (non-hydrogen) atoms. The SMILES string of the molecule is Cc1nc(NC(=O)CNC(=O)[C@H]2CC(=O)N(c3ccc(F)cc3)C2)sc1C. The van der Waals surface area contributed by atoms with E-state index in [0.717, 1.165) is 10.6 Å². The Balaban J connectivity index is 1.51. The topological polar surface area (TPSA) is 91.4 Å². The van der Waals surface area contributed by atoms with Crippen molar-refractivity contribution in [3.63, 3.8) is 0 Å². The summed E-state index contributed by atoms with van der Waals surface area (Å²) >= 11 is 1.37. The number of carbonyl (C=O) groups is 3. The third-order valence-electron chi connectivity index (χ3n) is 4.33. The van der Waals surface area contributed by atoms with Gasteiger partial charge in [0.05, 0.1) is 18.2 Å². The molecule has 1 saturated heterocycles. The van der Waals surface area contributed by atoms with E-state index >= 15 is 0 Å². The van der Waals surface area contributed by atoms with Crippen LogP contribution >= 0.6 is 11.3 Å². The lowest BCUT2D eigenvalue weighted by molar-refractivity contribution is -0.127. The molecule has 1 fully saturated rings. The zero-order valence-corrected chi connectivity index (χ0v) is 15.7. The van der Waals surface area contributed by atoms with Crippen LogP contribution in [0.5, 0.6) is 0 Å². The Labute approximate surface area is 159 Å². The third-order valence-corrected chi connectivity index (χ3v) is 5.32. The van der Waals surface area contributed by atoms with Crippen molar-refractivity contribution in [2.24, 2.45) is 5.92 Å². The van der Waals surface area contributed by atoms with Crippen LogP contribution < -0.4 is 15.5 Å². The van der Waals surface area contributed by atoms with Crippen molar-refractivity contribution >= 4 is 39.9 Å². The minimum atomic E-state index is -0.556. The summed E-state index contributed by atoms with van der Waals surface area (Å²) in [6.07, 6.45) is 0.0513. The van der Waals surface area contributed by atoms with Crippen LogP contribution in [0.25, 0.3) is 0 Å². The van der Waals surface area contributed by atoms with E-state index in [-0.39, 0.29) is 37.2 Å². The number of halogens is 1. The number of nitrogens with zero attached hydrogens (tertiary/aromatic N) is 2. The maximum Gasteiger partial charge on any atom is 0.245 e. The largest absolute Gasteiger partial charge is 0.347 e. The number of hydrogen-bond donors (Lipinski definition) is 2. The normalized spacial score (nSPS) is 16.5. The maximum atomic E-state index is 13.0.